The Balaban J connectivity index is 2.10. The van der Waals surface area contributed by atoms with Crippen LogP contribution >= 0.6 is 23.6 Å². The number of hydrogen-bond acceptors (Lipinski definition) is 3. The van der Waals surface area contributed by atoms with E-state index in [0.29, 0.717) is 4.77 Å². The monoisotopic (exact) mass is 251 g/mol. The summed E-state index contributed by atoms with van der Waals surface area (Å²) in [5.41, 5.74) is 1.51. The van der Waals surface area contributed by atoms with Gasteiger partial charge >= 0.3 is 0 Å². The highest BCUT2D eigenvalue weighted by Crippen LogP contribution is 2.34. The van der Waals surface area contributed by atoms with Crippen LogP contribution in [0.1, 0.15) is 23.3 Å². The molecule has 0 aliphatic heterocycles. The van der Waals surface area contributed by atoms with Gasteiger partial charge in [-0.25, -0.2) is 0 Å². The fourth-order valence-electron chi connectivity index (χ4n) is 2.17. The lowest BCUT2D eigenvalue weighted by atomic mass is 9.99. The molecule has 3 nitrogen and oxygen atoms in total. The van der Waals surface area contributed by atoms with E-state index in [2.05, 4.69) is 16.3 Å². The minimum Gasteiger partial charge on any atom is -0.303 e. The SMILES string of the molecule is Cn1c(-c2cc3c(s2)CCCC3)n[nH]c1=S. The van der Waals surface area contributed by atoms with Crippen molar-refractivity contribution in [3.05, 3.63) is 21.3 Å². The van der Waals surface area contributed by atoms with Crippen LogP contribution in [0.25, 0.3) is 10.7 Å². The third-order valence-electron chi connectivity index (χ3n) is 3.10. The van der Waals surface area contributed by atoms with Gasteiger partial charge in [-0.15, -0.1) is 11.3 Å². The van der Waals surface area contributed by atoms with Gasteiger partial charge in [0, 0.05) is 11.9 Å². The van der Waals surface area contributed by atoms with Crippen molar-refractivity contribution in [3.8, 4) is 10.7 Å². The molecule has 0 saturated carbocycles. The standard InChI is InChI=1S/C11H13N3S2/c1-14-10(12-13-11(14)15)9-6-7-4-2-3-5-8(7)16-9/h6H,2-5H2,1H3,(H,13,15). The van der Waals surface area contributed by atoms with Crippen molar-refractivity contribution in [2.24, 2.45) is 7.05 Å². The molecule has 3 rings (SSSR count). The van der Waals surface area contributed by atoms with Gasteiger partial charge in [0.2, 0.25) is 0 Å². The van der Waals surface area contributed by atoms with Crippen LogP contribution in [-0.4, -0.2) is 14.8 Å². The second-order valence-corrected chi connectivity index (χ2v) is 5.70. The zero-order valence-electron chi connectivity index (χ0n) is 9.12. The fraction of sp³-hybridized carbons (Fsp3) is 0.455. The Morgan fingerprint density at radius 2 is 2.25 bits per heavy atom. The molecule has 1 N–H and O–H groups in total. The van der Waals surface area contributed by atoms with Gasteiger partial charge in [-0.05, 0) is 49.5 Å². The summed E-state index contributed by atoms with van der Waals surface area (Å²) < 4.78 is 2.62. The number of aromatic amines is 1. The van der Waals surface area contributed by atoms with E-state index in [1.807, 2.05) is 23.0 Å². The van der Waals surface area contributed by atoms with E-state index >= 15 is 0 Å². The average molecular weight is 251 g/mol. The van der Waals surface area contributed by atoms with Crippen LogP contribution in [-0.2, 0) is 19.9 Å². The molecule has 84 valence electrons. The normalized spacial score (nSPS) is 15.1. The molecule has 0 spiro atoms. The Bertz CT molecular complexity index is 553. The van der Waals surface area contributed by atoms with Crippen LogP contribution in [0.4, 0.5) is 0 Å². The molecule has 0 saturated heterocycles. The number of H-pyrrole nitrogens is 1. The molecule has 0 unspecified atom stereocenters. The molecule has 2 heterocycles. The van der Waals surface area contributed by atoms with Crippen LogP contribution in [0, 0.1) is 4.77 Å². The van der Waals surface area contributed by atoms with E-state index in [1.54, 1.807) is 0 Å². The molecule has 2 aromatic heterocycles. The lowest BCUT2D eigenvalue weighted by Gasteiger charge is -2.08. The number of fused-ring (bicyclic) bond motifs is 1. The van der Waals surface area contributed by atoms with E-state index in [9.17, 15) is 0 Å². The topological polar surface area (TPSA) is 33.6 Å². The lowest BCUT2D eigenvalue weighted by Crippen LogP contribution is -1.96. The van der Waals surface area contributed by atoms with Gasteiger partial charge < -0.3 is 4.57 Å². The molecule has 0 radical (unpaired) electrons. The number of aryl methyl sites for hydroxylation is 2. The molecule has 0 amide bonds. The minimum atomic E-state index is 0.682. The van der Waals surface area contributed by atoms with Crippen LogP contribution in [0.5, 0.6) is 0 Å². The van der Waals surface area contributed by atoms with E-state index in [0.717, 1.165) is 5.82 Å². The maximum absolute atomic E-state index is 5.13. The maximum atomic E-state index is 5.13. The van der Waals surface area contributed by atoms with Gasteiger partial charge in [-0.3, -0.25) is 5.10 Å². The van der Waals surface area contributed by atoms with E-state index in [-0.39, 0.29) is 0 Å². The zero-order chi connectivity index (χ0) is 11.1. The Morgan fingerprint density at radius 1 is 1.44 bits per heavy atom. The van der Waals surface area contributed by atoms with Crippen LogP contribution in [0.2, 0.25) is 0 Å². The molecule has 5 heteroatoms. The Morgan fingerprint density at radius 3 is 2.94 bits per heavy atom. The highest BCUT2D eigenvalue weighted by Gasteiger charge is 2.16. The van der Waals surface area contributed by atoms with Crippen molar-refractivity contribution < 1.29 is 0 Å². The van der Waals surface area contributed by atoms with Crippen molar-refractivity contribution in [1.29, 1.82) is 0 Å². The molecule has 0 bridgehead atoms. The molecule has 2 aromatic rings. The molecular formula is C11H13N3S2. The number of rotatable bonds is 1. The van der Waals surface area contributed by atoms with Crippen molar-refractivity contribution in [2.75, 3.05) is 0 Å². The minimum absolute atomic E-state index is 0.682. The van der Waals surface area contributed by atoms with E-state index in [1.165, 1.54) is 41.0 Å². The Kier molecular flexibility index (Phi) is 2.44. The third kappa shape index (κ3) is 1.55. The van der Waals surface area contributed by atoms with Crippen molar-refractivity contribution in [1.82, 2.24) is 14.8 Å². The highest BCUT2D eigenvalue weighted by molar-refractivity contribution is 7.71. The summed E-state index contributed by atoms with van der Waals surface area (Å²) in [5, 5.41) is 7.12. The molecule has 0 fully saturated rings. The van der Waals surface area contributed by atoms with Crippen LogP contribution < -0.4 is 0 Å². The number of nitrogens with one attached hydrogen (secondary N) is 1. The largest absolute Gasteiger partial charge is 0.303 e. The highest BCUT2D eigenvalue weighted by atomic mass is 32.1. The van der Waals surface area contributed by atoms with E-state index < -0.39 is 0 Å². The number of aromatic nitrogens is 3. The second-order valence-electron chi connectivity index (χ2n) is 4.18. The number of hydrogen-bond donors (Lipinski definition) is 1. The predicted molar refractivity (Wildman–Crippen MR) is 68.3 cm³/mol. The molecule has 1 aliphatic carbocycles. The second kappa shape index (κ2) is 3.82. The molecule has 0 aromatic carbocycles. The van der Waals surface area contributed by atoms with Gasteiger partial charge in [0.25, 0.3) is 0 Å². The van der Waals surface area contributed by atoms with Crippen molar-refractivity contribution in [2.45, 2.75) is 25.7 Å². The Hall–Kier alpha value is -0.940. The average Bonchev–Trinajstić information content (AvgIpc) is 2.84. The van der Waals surface area contributed by atoms with Gasteiger partial charge in [-0.2, -0.15) is 5.10 Å². The predicted octanol–water partition coefficient (Wildman–Crippen LogP) is 3.08. The summed E-state index contributed by atoms with van der Waals surface area (Å²) in [7, 11) is 1.96. The van der Waals surface area contributed by atoms with Crippen molar-refractivity contribution in [3.63, 3.8) is 0 Å². The summed E-state index contributed by atoms with van der Waals surface area (Å²) in [6, 6.07) is 2.28. The summed E-state index contributed by atoms with van der Waals surface area (Å²) >= 11 is 7.00. The first-order valence-corrected chi connectivity index (χ1v) is 6.71. The molecule has 0 atom stereocenters. The quantitative estimate of drug-likeness (QED) is 0.790. The summed E-state index contributed by atoms with van der Waals surface area (Å²) in [5.74, 6) is 0.962. The molecular weight excluding hydrogens is 238 g/mol. The van der Waals surface area contributed by atoms with E-state index in [4.69, 9.17) is 12.2 Å². The zero-order valence-corrected chi connectivity index (χ0v) is 10.7. The molecule has 1 aliphatic rings. The lowest BCUT2D eigenvalue weighted by molar-refractivity contribution is 0.697. The number of nitrogens with zero attached hydrogens (tertiary/aromatic N) is 2. The van der Waals surface area contributed by atoms with Crippen LogP contribution in [0.3, 0.4) is 0 Å². The van der Waals surface area contributed by atoms with Gasteiger partial charge in [-0.1, -0.05) is 0 Å². The fourth-order valence-corrected chi connectivity index (χ4v) is 3.58. The van der Waals surface area contributed by atoms with Gasteiger partial charge in [0.1, 0.15) is 0 Å². The first-order chi connectivity index (χ1) is 7.75. The number of thiophene rings is 1. The summed E-state index contributed by atoms with van der Waals surface area (Å²) in [6.07, 6.45) is 5.10. The first kappa shape index (κ1) is 10.2. The van der Waals surface area contributed by atoms with Crippen molar-refractivity contribution >= 4 is 23.6 Å². The smallest absolute Gasteiger partial charge is 0.195 e. The Labute approximate surface area is 103 Å². The van der Waals surface area contributed by atoms with Crippen LogP contribution in [0.15, 0.2) is 6.07 Å². The van der Waals surface area contributed by atoms with Gasteiger partial charge in [0.05, 0.1) is 4.88 Å². The summed E-state index contributed by atoms with van der Waals surface area (Å²) in [6.45, 7) is 0. The van der Waals surface area contributed by atoms with Gasteiger partial charge in [0.15, 0.2) is 10.6 Å². The first-order valence-electron chi connectivity index (χ1n) is 5.49. The third-order valence-corrected chi connectivity index (χ3v) is 4.69. The molecule has 16 heavy (non-hydrogen) atoms. The summed E-state index contributed by atoms with van der Waals surface area (Å²) in [4.78, 5) is 2.77. The maximum Gasteiger partial charge on any atom is 0.195 e.